The van der Waals surface area contributed by atoms with Gasteiger partial charge < -0.3 is 15.7 Å². The van der Waals surface area contributed by atoms with Gasteiger partial charge in [0.15, 0.2) is 0 Å². The predicted molar refractivity (Wildman–Crippen MR) is 72.5 cm³/mol. The molecular formula is C13H15ClN2O3. The number of carboxylic acids is 1. The minimum Gasteiger partial charge on any atom is -0.481 e. The zero-order valence-corrected chi connectivity index (χ0v) is 11.2. The van der Waals surface area contributed by atoms with E-state index in [0.717, 1.165) is 5.69 Å². The summed E-state index contributed by atoms with van der Waals surface area (Å²) in [5, 5.41) is 9.39. The molecule has 0 saturated carbocycles. The maximum atomic E-state index is 11.1. The van der Waals surface area contributed by atoms with Gasteiger partial charge in [0.1, 0.15) is 0 Å². The van der Waals surface area contributed by atoms with Crippen LogP contribution >= 0.6 is 11.6 Å². The number of hydrogen-bond donors (Lipinski definition) is 2. The van der Waals surface area contributed by atoms with Gasteiger partial charge in [-0.1, -0.05) is 18.5 Å². The lowest BCUT2D eigenvalue weighted by Crippen LogP contribution is -2.23. The van der Waals surface area contributed by atoms with Crippen molar-refractivity contribution in [3.8, 4) is 0 Å². The van der Waals surface area contributed by atoms with E-state index in [9.17, 15) is 9.59 Å². The van der Waals surface area contributed by atoms with Gasteiger partial charge >= 0.3 is 5.97 Å². The fourth-order valence-electron chi connectivity index (χ4n) is 2.40. The summed E-state index contributed by atoms with van der Waals surface area (Å²) >= 11 is 5.99. The molecule has 2 unspecified atom stereocenters. The Bertz CT molecular complexity index is 533. The normalized spacial score (nSPS) is 22.5. The SMILES string of the molecule is CC1CN(c2ccc(C(N)=O)c(Cl)c2)CC1C(=O)O. The lowest BCUT2D eigenvalue weighted by Gasteiger charge is -2.19. The van der Waals surface area contributed by atoms with Crippen LogP contribution in [0.25, 0.3) is 0 Å². The van der Waals surface area contributed by atoms with Crippen LogP contribution in [0.2, 0.25) is 5.02 Å². The molecule has 1 aliphatic heterocycles. The molecule has 1 heterocycles. The molecule has 6 heteroatoms. The second kappa shape index (κ2) is 5.09. The number of anilines is 1. The highest BCUT2D eigenvalue weighted by molar-refractivity contribution is 6.34. The number of carbonyl (C=O) groups is 2. The first-order valence-corrected chi connectivity index (χ1v) is 6.35. The number of halogens is 1. The van der Waals surface area contributed by atoms with Crippen molar-refractivity contribution < 1.29 is 14.7 Å². The molecule has 102 valence electrons. The Morgan fingerprint density at radius 1 is 1.42 bits per heavy atom. The minimum absolute atomic E-state index is 0.0760. The fourth-order valence-corrected chi connectivity index (χ4v) is 2.67. The van der Waals surface area contributed by atoms with Gasteiger partial charge in [-0.05, 0) is 24.1 Å². The van der Waals surface area contributed by atoms with Crippen LogP contribution in [0.15, 0.2) is 18.2 Å². The first-order valence-electron chi connectivity index (χ1n) is 5.97. The van der Waals surface area contributed by atoms with Crippen LogP contribution in [0.5, 0.6) is 0 Å². The van der Waals surface area contributed by atoms with Crippen LogP contribution in [0, 0.1) is 11.8 Å². The van der Waals surface area contributed by atoms with Crippen molar-refractivity contribution in [3.63, 3.8) is 0 Å². The van der Waals surface area contributed by atoms with Gasteiger partial charge in [-0.25, -0.2) is 0 Å². The van der Waals surface area contributed by atoms with Crippen molar-refractivity contribution >= 4 is 29.2 Å². The van der Waals surface area contributed by atoms with E-state index in [1.54, 1.807) is 18.2 Å². The Morgan fingerprint density at radius 3 is 2.58 bits per heavy atom. The van der Waals surface area contributed by atoms with E-state index in [-0.39, 0.29) is 22.4 Å². The monoisotopic (exact) mass is 282 g/mol. The van der Waals surface area contributed by atoms with Crippen molar-refractivity contribution in [1.29, 1.82) is 0 Å². The van der Waals surface area contributed by atoms with Crippen LogP contribution in [0.3, 0.4) is 0 Å². The summed E-state index contributed by atoms with van der Waals surface area (Å²) in [7, 11) is 0. The van der Waals surface area contributed by atoms with Crippen LogP contribution in [0.4, 0.5) is 5.69 Å². The van der Waals surface area contributed by atoms with E-state index < -0.39 is 11.9 Å². The number of nitrogens with zero attached hydrogens (tertiary/aromatic N) is 1. The molecule has 1 aromatic carbocycles. The summed E-state index contributed by atoms with van der Waals surface area (Å²) in [5.74, 6) is -1.66. The first-order chi connectivity index (χ1) is 8.90. The van der Waals surface area contributed by atoms with E-state index in [2.05, 4.69) is 0 Å². The zero-order valence-electron chi connectivity index (χ0n) is 10.5. The molecule has 1 amide bonds. The number of aliphatic carboxylic acids is 1. The molecule has 2 atom stereocenters. The Labute approximate surface area is 116 Å². The molecule has 0 spiro atoms. The summed E-state index contributed by atoms with van der Waals surface area (Å²) in [4.78, 5) is 24.1. The molecule has 0 aromatic heterocycles. The molecule has 2 rings (SSSR count). The molecule has 5 nitrogen and oxygen atoms in total. The number of benzene rings is 1. The number of carbonyl (C=O) groups excluding carboxylic acids is 1. The van der Waals surface area contributed by atoms with Crippen LogP contribution < -0.4 is 10.6 Å². The topological polar surface area (TPSA) is 83.6 Å². The van der Waals surface area contributed by atoms with Gasteiger partial charge in [0, 0.05) is 18.8 Å². The third-order valence-electron chi connectivity index (χ3n) is 3.51. The number of carboxylic acid groups (broad SMARTS) is 1. The Hall–Kier alpha value is -1.75. The van der Waals surface area contributed by atoms with E-state index in [1.165, 1.54) is 0 Å². The van der Waals surface area contributed by atoms with Crippen LogP contribution in [-0.4, -0.2) is 30.1 Å². The van der Waals surface area contributed by atoms with Gasteiger partial charge in [-0.3, -0.25) is 9.59 Å². The molecule has 19 heavy (non-hydrogen) atoms. The van der Waals surface area contributed by atoms with Crippen LogP contribution in [0.1, 0.15) is 17.3 Å². The van der Waals surface area contributed by atoms with Crippen LogP contribution in [-0.2, 0) is 4.79 Å². The number of nitrogens with two attached hydrogens (primary N) is 1. The molecule has 1 saturated heterocycles. The predicted octanol–water partition coefficient (Wildman–Crippen LogP) is 1.60. The van der Waals surface area contributed by atoms with Gasteiger partial charge in [-0.2, -0.15) is 0 Å². The summed E-state index contributed by atoms with van der Waals surface area (Å²) in [5.41, 5.74) is 6.27. The van der Waals surface area contributed by atoms with Gasteiger partial charge in [0.05, 0.1) is 16.5 Å². The lowest BCUT2D eigenvalue weighted by atomic mass is 9.99. The van der Waals surface area contributed by atoms with Gasteiger partial charge in [-0.15, -0.1) is 0 Å². The van der Waals surface area contributed by atoms with Gasteiger partial charge in [0.25, 0.3) is 0 Å². The summed E-state index contributed by atoms with van der Waals surface area (Å²) in [6.45, 7) is 3.02. The summed E-state index contributed by atoms with van der Waals surface area (Å²) in [6, 6.07) is 4.96. The highest BCUT2D eigenvalue weighted by atomic mass is 35.5. The highest BCUT2D eigenvalue weighted by Gasteiger charge is 2.34. The van der Waals surface area contributed by atoms with Crippen molar-refractivity contribution in [3.05, 3.63) is 28.8 Å². The summed E-state index contributed by atoms with van der Waals surface area (Å²) < 4.78 is 0. The van der Waals surface area contributed by atoms with E-state index in [0.29, 0.717) is 13.1 Å². The third-order valence-corrected chi connectivity index (χ3v) is 3.83. The number of hydrogen-bond acceptors (Lipinski definition) is 3. The summed E-state index contributed by atoms with van der Waals surface area (Å²) in [6.07, 6.45) is 0. The largest absolute Gasteiger partial charge is 0.481 e. The average molecular weight is 283 g/mol. The van der Waals surface area contributed by atoms with Crippen molar-refractivity contribution in [2.75, 3.05) is 18.0 Å². The fraction of sp³-hybridized carbons (Fsp3) is 0.385. The second-order valence-electron chi connectivity index (χ2n) is 4.86. The third kappa shape index (κ3) is 2.66. The molecule has 1 fully saturated rings. The first kappa shape index (κ1) is 13.7. The minimum atomic E-state index is -0.783. The quantitative estimate of drug-likeness (QED) is 0.882. The lowest BCUT2D eigenvalue weighted by molar-refractivity contribution is -0.142. The standard InChI is InChI=1S/C13H15ClN2O3/c1-7-5-16(6-10(7)13(18)19)8-2-3-9(12(15)17)11(14)4-8/h2-4,7,10H,5-6H2,1H3,(H2,15,17)(H,18,19). The van der Waals surface area contributed by atoms with Gasteiger partial charge in [0.2, 0.25) is 5.91 Å². The molecule has 0 aliphatic carbocycles. The maximum Gasteiger partial charge on any atom is 0.308 e. The number of amides is 1. The average Bonchev–Trinajstić information content (AvgIpc) is 2.70. The smallest absolute Gasteiger partial charge is 0.308 e. The van der Waals surface area contributed by atoms with E-state index in [1.807, 2.05) is 11.8 Å². The maximum absolute atomic E-state index is 11.1. The second-order valence-corrected chi connectivity index (χ2v) is 5.26. The number of primary amides is 1. The Balaban J connectivity index is 2.22. The van der Waals surface area contributed by atoms with Crippen molar-refractivity contribution in [2.45, 2.75) is 6.92 Å². The molecule has 1 aromatic rings. The van der Waals surface area contributed by atoms with E-state index in [4.69, 9.17) is 22.4 Å². The van der Waals surface area contributed by atoms with E-state index >= 15 is 0 Å². The molecule has 0 bridgehead atoms. The highest BCUT2D eigenvalue weighted by Crippen LogP contribution is 2.30. The molecule has 0 radical (unpaired) electrons. The molecule has 3 N–H and O–H groups in total. The molecule has 1 aliphatic rings. The number of rotatable bonds is 3. The van der Waals surface area contributed by atoms with Crippen molar-refractivity contribution in [1.82, 2.24) is 0 Å². The Kier molecular flexibility index (Phi) is 3.66. The van der Waals surface area contributed by atoms with Crippen molar-refractivity contribution in [2.24, 2.45) is 17.6 Å². The molecular weight excluding hydrogens is 268 g/mol. The Morgan fingerprint density at radius 2 is 2.11 bits per heavy atom. The zero-order chi connectivity index (χ0) is 14.2.